The van der Waals surface area contributed by atoms with E-state index in [0.717, 1.165) is 11.3 Å². The Kier molecular flexibility index (Phi) is 5.98. The molecule has 0 spiro atoms. The number of para-hydroxylation sites is 1. The fourth-order valence-electron chi connectivity index (χ4n) is 0.697. The second-order valence-corrected chi connectivity index (χ2v) is 2.30. The van der Waals surface area contributed by atoms with Gasteiger partial charge in [0, 0.05) is 5.69 Å². The molecule has 0 saturated heterocycles. The van der Waals surface area contributed by atoms with Crippen LogP contribution in [0.15, 0.2) is 56.2 Å². The normalized spacial score (nSPS) is 7.69. The molecule has 0 bridgehead atoms. The van der Waals surface area contributed by atoms with Crippen molar-refractivity contribution in [2.75, 3.05) is 5.73 Å². The molecule has 0 heterocycles. The summed E-state index contributed by atoms with van der Waals surface area (Å²) in [6.07, 6.45) is 5.02. The summed E-state index contributed by atoms with van der Waals surface area (Å²) in [5.41, 5.74) is 7.34. The SMILES string of the molecule is C=CC=C.C=Cc1ccccc1N. The van der Waals surface area contributed by atoms with Crippen LogP contribution >= 0.6 is 0 Å². The average molecular weight is 173 g/mol. The molecule has 0 radical (unpaired) electrons. The van der Waals surface area contributed by atoms with Crippen LogP contribution in [0.4, 0.5) is 5.69 Å². The van der Waals surface area contributed by atoms with Gasteiger partial charge in [0.05, 0.1) is 0 Å². The first-order valence-corrected chi connectivity index (χ1v) is 3.96. The van der Waals surface area contributed by atoms with Gasteiger partial charge in [-0.25, -0.2) is 0 Å². The maximum absolute atomic E-state index is 5.56. The van der Waals surface area contributed by atoms with Gasteiger partial charge >= 0.3 is 0 Å². The van der Waals surface area contributed by atoms with Crippen LogP contribution in [0, 0.1) is 0 Å². The van der Waals surface area contributed by atoms with Gasteiger partial charge in [-0.15, -0.1) is 0 Å². The Labute approximate surface area is 79.9 Å². The van der Waals surface area contributed by atoms with Crippen LogP contribution in [0.2, 0.25) is 0 Å². The van der Waals surface area contributed by atoms with E-state index in [4.69, 9.17) is 5.73 Å². The first-order chi connectivity index (χ1) is 6.26. The summed E-state index contributed by atoms with van der Waals surface area (Å²) in [6.45, 7) is 10.3. The van der Waals surface area contributed by atoms with Crippen molar-refractivity contribution in [1.82, 2.24) is 0 Å². The highest BCUT2D eigenvalue weighted by Gasteiger charge is 1.87. The minimum absolute atomic E-state index is 0.785. The summed E-state index contributed by atoms with van der Waals surface area (Å²) in [7, 11) is 0. The number of anilines is 1. The lowest BCUT2D eigenvalue weighted by Gasteiger charge is -1.95. The van der Waals surface area contributed by atoms with E-state index in [9.17, 15) is 0 Å². The number of benzene rings is 1. The molecule has 1 aromatic rings. The summed E-state index contributed by atoms with van der Waals surface area (Å²) in [6, 6.07) is 7.63. The van der Waals surface area contributed by atoms with Gasteiger partial charge in [-0.3, -0.25) is 0 Å². The fourth-order valence-corrected chi connectivity index (χ4v) is 0.697. The molecule has 1 rings (SSSR count). The molecule has 0 amide bonds. The predicted molar refractivity (Wildman–Crippen MR) is 61.3 cm³/mol. The molecule has 13 heavy (non-hydrogen) atoms. The first-order valence-electron chi connectivity index (χ1n) is 3.96. The summed E-state index contributed by atoms with van der Waals surface area (Å²) in [5, 5.41) is 0. The first kappa shape index (κ1) is 11.2. The van der Waals surface area contributed by atoms with Crippen molar-refractivity contribution in [3.8, 4) is 0 Å². The Morgan fingerprint density at radius 1 is 1.00 bits per heavy atom. The molecule has 0 aliphatic carbocycles. The van der Waals surface area contributed by atoms with E-state index in [1.54, 1.807) is 18.2 Å². The number of nitrogens with two attached hydrogens (primary N) is 1. The molecule has 0 atom stereocenters. The maximum atomic E-state index is 5.56. The van der Waals surface area contributed by atoms with E-state index in [0.29, 0.717) is 0 Å². The molecule has 0 aliphatic heterocycles. The van der Waals surface area contributed by atoms with Crippen LogP contribution in [-0.4, -0.2) is 0 Å². The van der Waals surface area contributed by atoms with Gasteiger partial charge in [0.25, 0.3) is 0 Å². The Morgan fingerprint density at radius 3 is 1.85 bits per heavy atom. The zero-order valence-corrected chi connectivity index (χ0v) is 7.74. The van der Waals surface area contributed by atoms with Crippen molar-refractivity contribution < 1.29 is 0 Å². The summed E-state index contributed by atoms with van der Waals surface area (Å²) in [5.74, 6) is 0. The van der Waals surface area contributed by atoms with Gasteiger partial charge in [-0.05, 0) is 11.6 Å². The predicted octanol–water partition coefficient (Wildman–Crippen LogP) is 3.27. The molecule has 0 unspecified atom stereocenters. The van der Waals surface area contributed by atoms with Crippen LogP contribution in [0.1, 0.15) is 5.56 Å². The number of hydrogen-bond donors (Lipinski definition) is 1. The molecular formula is C12H15N. The molecule has 2 N–H and O–H groups in total. The van der Waals surface area contributed by atoms with Crippen LogP contribution in [0.3, 0.4) is 0 Å². The highest BCUT2D eigenvalue weighted by molar-refractivity contribution is 5.62. The molecule has 1 aromatic carbocycles. The molecule has 0 aromatic heterocycles. The van der Waals surface area contributed by atoms with Crippen molar-refractivity contribution in [3.05, 3.63) is 61.7 Å². The highest BCUT2D eigenvalue weighted by atomic mass is 14.5. The smallest absolute Gasteiger partial charge is 0.0387 e. The minimum atomic E-state index is 0.785. The average Bonchev–Trinajstić information content (AvgIpc) is 2.19. The van der Waals surface area contributed by atoms with Crippen molar-refractivity contribution >= 4 is 11.8 Å². The van der Waals surface area contributed by atoms with Gasteiger partial charge in [0.15, 0.2) is 0 Å². The van der Waals surface area contributed by atoms with Crippen molar-refractivity contribution in [1.29, 1.82) is 0 Å². The number of rotatable bonds is 2. The van der Waals surface area contributed by atoms with Gasteiger partial charge < -0.3 is 5.73 Å². The maximum Gasteiger partial charge on any atom is 0.0387 e. The lowest BCUT2D eigenvalue weighted by Crippen LogP contribution is -1.86. The summed E-state index contributed by atoms with van der Waals surface area (Å²) < 4.78 is 0. The lowest BCUT2D eigenvalue weighted by atomic mass is 10.2. The summed E-state index contributed by atoms with van der Waals surface area (Å²) in [4.78, 5) is 0. The Balaban J connectivity index is 0.000000310. The number of nitrogen functional groups attached to an aromatic ring is 1. The Morgan fingerprint density at radius 2 is 1.54 bits per heavy atom. The second kappa shape index (κ2) is 6.92. The molecule has 0 saturated carbocycles. The lowest BCUT2D eigenvalue weighted by molar-refractivity contribution is 1.64. The minimum Gasteiger partial charge on any atom is -0.398 e. The molecule has 1 nitrogen and oxygen atoms in total. The van der Waals surface area contributed by atoms with E-state index in [1.165, 1.54) is 0 Å². The third kappa shape index (κ3) is 4.64. The Hall–Kier alpha value is -1.76. The van der Waals surface area contributed by atoms with E-state index in [1.807, 2.05) is 24.3 Å². The number of allylic oxidation sites excluding steroid dienone is 2. The van der Waals surface area contributed by atoms with Crippen LogP contribution in [-0.2, 0) is 0 Å². The molecule has 0 fully saturated rings. The van der Waals surface area contributed by atoms with Crippen molar-refractivity contribution in [2.45, 2.75) is 0 Å². The molecular weight excluding hydrogens is 158 g/mol. The largest absolute Gasteiger partial charge is 0.398 e. The van der Waals surface area contributed by atoms with Crippen LogP contribution < -0.4 is 5.73 Å². The van der Waals surface area contributed by atoms with Crippen molar-refractivity contribution in [3.63, 3.8) is 0 Å². The monoisotopic (exact) mass is 173 g/mol. The topological polar surface area (TPSA) is 26.0 Å². The van der Waals surface area contributed by atoms with E-state index < -0.39 is 0 Å². The molecule has 0 aliphatic rings. The van der Waals surface area contributed by atoms with E-state index >= 15 is 0 Å². The third-order valence-electron chi connectivity index (χ3n) is 1.38. The van der Waals surface area contributed by atoms with Gasteiger partial charge in [0.2, 0.25) is 0 Å². The Bertz CT molecular complexity index is 281. The van der Waals surface area contributed by atoms with Gasteiger partial charge in [-0.2, -0.15) is 0 Å². The highest BCUT2D eigenvalue weighted by Crippen LogP contribution is 2.10. The summed E-state index contributed by atoms with van der Waals surface area (Å²) >= 11 is 0. The van der Waals surface area contributed by atoms with E-state index in [-0.39, 0.29) is 0 Å². The second-order valence-electron chi connectivity index (χ2n) is 2.30. The number of hydrogen-bond acceptors (Lipinski definition) is 1. The van der Waals surface area contributed by atoms with Gasteiger partial charge in [-0.1, -0.05) is 56.2 Å². The van der Waals surface area contributed by atoms with Crippen LogP contribution in [0.5, 0.6) is 0 Å². The fraction of sp³-hybridized carbons (Fsp3) is 0. The molecule has 1 heteroatoms. The zero-order chi connectivity index (χ0) is 10.1. The zero-order valence-electron chi connectivity index (χ0n) is 7.74. The molecule has 68 valence electrons. The quantitative estimate of drug-likeness (QED) is 0.539. The van der Waals surface area contributed by atoms with E-state index in [2.05, 4.69) is 19.7 Å². The third-order valence-corrected chi connectivity index (χ3v) is 1.38. The van der Waals surface area contributed by atoms with Gasteiger partial charge in [0.1, 0.15) is 0 Å². The van der Waals surface area contributed by atoms with Crippen LogP contribution in [0.25, 0.3) is 6.08 Å². The van der Waals surface area contributed by atoms with Crippen molar-refractivity contribution in [2.24, 2.45) is 0 Å². The standard InChI is InChI=1S/C8H9N.C4H6/c1-2-7-5-3-4-6-8(7)9;1-3-4-2/h2-6H,1,9H2;3-4H,1-2H2.